The second kappa shape index (κ2) is 15.0. The number of carbonyl (C=O) groups is 4. The molecule has 57 heavy (non-hydrogen) atoms. The number of aromatic nitrogens is 1. The van der Waals surface area contributed by atoms with Crippen molar-refractivity contribution in [1.82, 2.24) is 25.2 Å². The molecular formula is C39H48F3N5O9S. The number of alkyl halides is 3. The Bertz CT molecular complexity index is 2110. The zero-order valence-corrected chi connectivity index (χ0v) is 32.9. The number of nitrogens with zero attached hydrogens (tertiary/aromatic N) is 2. The average Bonchev–Trinajstić information content (AvgIpc) is 4.06. The van der Waals surface area contributed by atoms with E-state index in [2.05, 4.69) is 20.3 Å². The normalized spacial score (nSPS) is 29.0. The van der Waals surface area contributed by atoms with Crippen LogP contribution in [0.3, 0.4) is 0 Å². The maximum atomic E-state index is 14.7. The van der Waals surface area contributed by atoms with E-state index in [1.54, 1.807) is 12.1 Å². The van der Waals surface area contributed by atoms with Crippen molar-refractivity contribution in [3.8, 4) is 11.5 Å². The van der Waals surface area contributed by atoms with Crippen molar-refractivity contribution in [3.05, 3.63) is 41.6 Å². The quantitative estimate of drug-likeness (QED) is 0.328. The molecule has 7 rings (SSSR count). The summed E-state index contributed by atoms with van der Waals surface area (Å²) in [5, 5.41) is 5.83. The third-order valence-corrected chi connectivity index (χ3v) is 14.2. The van der Waals surface area contributed by atoms with Gasteiger partial charge >= 0.3 is 12.3 Å². The predicted octanol–water partition coefficient (Wildman–Crippen LogP) is 4.83. The molecule has 2 aromatic rings. The van der Waals surface area contributed by atoms with Crippen molar-refractivity contribution in [1.29, 1.82) is 0 Å². The fourth-order valence-corrected chi connectivity index (χ4v) is 9.52. The van der Waals surface area contributed by atoms with Gasteiger partial charge in [0.2, 0.25) is 21.8 Å². The number of alkyl carbamates (subject to hydrolysis) is 1. The molecule has 14 nitrogen and oxygen atoms in total. The van der Waals surface area contributed by atoms with Gasteiger partial charge in [-0.1, -0.05) is 31.9 Å². The molecule has 310 valence electrons. The Hall–Kier alpha value is -4.61. The van der Waals surface area contributed by atoms with Crippen LogP contribution in [0.1, 0.15) is 95.7 Å². The van der Waals surface area contributed by atoms with Gasteiger partial charge in [-0.05, 0) is 82.9 Å². The Kier molecular flexibility index (Phi) is 10.7. The molecular weight excluding hydrogens is 772 g/mol. The molecule has 0 radical (unpaired) electrons. The number of allylic oxidation sites excluding steroid dienone is 1. The Labute approximate surface area is 328 Å². The Morgan fingerprint density at radius 3 is 2.60 bits per heavy atom. The van der Waals surface area contributed by atoms with E-state index in [-0.39, 0.29) is 56.3 Å². The maximum Gasteiger partial charge on any atom is 0.437 e. The molecule has 1 saturated heterocycles. The van der Waals surface area contributed by atoms with E-state index in [0.717, 1.165) is 0 Å². The average molecular weight is 820 g/mol. The van der Waals surface area contributed by atoms with Crippen molar-refractivity contribution in [2.75, 3.05) is 20.3 Å². The number of benzene rings is 1. The Balaban J connectivity index is 1.27. The number of nitrogens with one attached hydrogen (secondary N) is 3. The van der Waals surface area contributed by atoms with Crippen molar-refractivity contribution in [2.45, 2.75) is 125 Å². The van der Waals surface area contributed by atoms with E-state index in [9.17, 15) is 40.8 Å². The minimum atomic E-state index is -4.92. The summed E-state index contributed by atoms with van der Waals surface area (Å²) in [6, 6.07) is 1.99. The zero-order valence-electron chi connectivity index (χ0n) is 32.1. The SMILES string of the molecule is CCCOC(=O)N[C@H]1CCCCC/C=C\[C@@H]2C[C@@]2(C(=O)NS(=O)(=O)C2(C)CC2)NC(=O)[C@@H]2C[C@]3(CCc4c(c(C(F)(F)F)nc5ccc(OC)cc45)O3)CN2C1=O. The first kappa shape index (κ1) is 40.6. The van der Waals surface area contributed by atoms with Gasteiger partial charge in [-0.3, -0.25) is 19.1 Å². The first-order valence-electron chi connectivity index (χ1n) is 19.5. The molecule has 3 aliphatic heterocycles. The number of pyridine rings is 1. The molecule has 3 fully saturated rings. The van der Waals surface area contributed by atoms with Gasteiger partial charge in [0.15, 0.2) is 11.4 Å². The summed E-state index contributed by atoms with van der Waals surface area (Å²) in [7, 11) is -2.65. The summed E-state index contributed by atoms with van der Waals surface area (Å²) in [5.41, 5.74) is -4.08. The third kappa shape index (κ3) is 7.85. The van der Waals surface area contributed by atoms with Gasteiger partial charge in [-0.2, -0.15) is 13.2 Å². The van der Waals surface area contributed by atoms with Crippen LogP contribution < -0.4 is 24.8 Å². The summed E-state index contributed by atoms with van der Waals surface area (Å²) in [6.45, 7) is 3.12. The van der Waals surface area contributed by atoms with Gasteiger partial charge in [0, 0.05) is 23.3 Å². The van der Waals surface area contributed by atoms with Gasteiger partial charge in [-0.15, -0.1) is 0 Å². The number of ether oxygens (including phenoxy) is 3. The van der Waals surface area contributed by atoms with E-state index >= 15 is 0 Å². The van der Waals surface area contributed by atoms with Crippen molar-refractivity contribution in [2.24, 2.45) is 5.92 Å². The number of amides is 4. The topological polar surface area (TPSA) is 182 Å². The lowest BCUT2D eigenvalue weighted by atomic mass is 9.87. The van der Waals surface area contributed by atoms with Crippen molar-refractivity contribution >= 4 is 44.7 Å². The summed E-state index contributed by atoms with van der Waals surface area (Å²) in [5.74, 6) is -3.05. The van der Waals surface area contributed by atoms with Gasteiger partial charge in [-0.25, -0.2) is 18.2 Å². The Morgan fingerprint density at radius 1 is 1.12 bits per heavy atom. The number of carbonyl (C=O) groups excluding carboxylic acids is 4. The molecule has 5 atom stereocenters. The molecule has 4 heterocycles. The van der Waals surface area contributed by atoms with Gasteiger partial charge in [0.1, 0.15) is 29.0 Å². The summed E-state index contributed by atoms with van der Waals surface area (Å²) in [6.07, 6.45) is 1.88. The number of sulfonamides is 1. The van der Waals surface area contributed by atoms with E-state index in [1.165, 1.54) is 31.1 Å². The molecule has 3 N–H and O–H groups in total. The third-order valence-electron chi connectivity index (χ3n) is 12.0. The monoisotopic (exact) mass is 819 g/mol. The molecule has 1 aromatic carbocycles. The molecule has 0 bridgehead atoms. The number of halogens is 3. The maximum absolute atomic E-state index is 14.7. The molecule has 2 aliphatic carbocycles. The van der Waals surface area contributed by atoms with Gasteiger partial charge in [0.25, 0.3) is 5.91 Å². The fourth-order valence-electron chi connectivity index (χ4n) is 8.21. The summed E-state index contributed by atoms with van der Waals surface area (Å²) < 4.78 is 88.5. The lowest BCUT2D eigenvalue weighted by Crippen LogP contribution is -2.58. The molecule has 2 saturated carbocycles. The second-order valence-corrected chi connectivity index (χ2v) is 18.4. The zero-order chi connectivity index (χ0) is 41.0. The van der Waals surface area contributed by atoms with Crippen LogP contribution in [0, 0.1) is 5.92 Å². The lowest BCUT2D eigenvalue weighted by molar-refractivity contribution is -0.144. The minimum absolute atomic E-state index is 0.0713. The summed E-state index contributed by atoms with van der Waals surface area (Å²) >= 11 is 0. The number of rotatable bonds is 7. The number of methoxy groups -OCH3 is 1. The molecule has 1 spiro atoms. The largest absolute Gasteiger partial charge is 0.497 e. The first-order valence-corrected chi connectivity index (χ1v) is 21.0. The highest BCUT2D eigenvalue weighted by atomic mass is 32.2. The highest BCUT2D eigenvalue weighted by molar-refractivity contribution is 7.91. The van der Waals surface area contributed by atoms with Crippen LogP contribution in [0.4, 0.5) is 18.0 Å². The van der Waals surface area contributed by atoms with Gasteiger partial charge in [0.05, 0.1) is 30.5 Å². The van der Waals surface area contributed by atoms with Crippen LogP contribution >= 0.6 is 0 Å². The highest BCUT2D eigenvalue weighted by Gasteiger charge is 2.64. The van der Waals surface area contributed by atoms with E-state index < -0.39 is 85.3 Å². The van der Waals surface area contributed by atoms with Gasteiger partial charge < -0.3 is 29.7 Å². The van der Waals surface area contributed by atoms with E-state index in [4.69, 9.17) is 14.2 Å². The lowest BCUT2D eigenvalue weighted by Gasteiger charge is -2.37. The molecule has 0 unspecified atom stereocenters. The molecule has 4 amide bonds. The van der Waals surface area contributed by atoms with E-state index in [1.807, 2.05) is 13.0 Å². The first-order chi connectivity index (χ1) is 26.9. The fraction of sp³-hybridized carbons (Fsp3) is 0.615. The van der Waals surface area contributed by atoms with Crippen LogP contribution in [-0.4, -0.2) is 90.3 Å². The van der Waals surface area contributed by atoms with Crippen molar-refractivity contribution in [3.63, 3.8) is 0 Å². The van der Waals surface area contributed by atoms with Crippen LogP contribution in [-0.2, 0) is 41.7 Å². The number of aryl methyl sites for hydroxylation is 1. The van der Waals surface area contributed by atoms with Crippen LogP contribution in [0.5, 0.6) is 11.5 Å². The Morgan fingerprint density at radius 2 is 1.89 bits per heavy atom. The number of hydrogen-bond donors (Lipinski definition) is 3. The van der Waals surface area contributed by atoms with Crippen molar-refractivity contribution < 1.29 is 55.0 Å². The standard InChI is InChI=1S/C39H48F3N5O9S/c1-4-18-55-35(51)44-28-11-9-7-5-6-8-10-23-20-38(23,34(50)46-57(52,53)36(2)16-17-36)45-32(48)29-21-37(22-47(29)33(28)49)15-14-25-26-19-24(54-3)12-13-27(26)43-31(30(25)56-37)39(40,41)42/h8,10,12-13,19,23,28-29H,4-7,9,11,14-18,20-22H2,1-3H3,(H,44,51)(H,45,48)(H,46,50)/b10-8-/t23-,28+,29+,37-,38-/m1/s1. The molecule has 5 aliphatic rings. The number of hydrogen-bond acceptors (Lipinski definition) is 10. The van der Waals surface area contributed by atoms with Crippen LogP contribution in [0.25, 0.3) is 10.9 Å². The number of fused-ring (bicyclic) bond motifs is 5. The highest BCUT2D eigenvalue weighted by Crippen LogP contribution is 2.50. The molecule has 1 aromatic heterocycles. The second-order valence-electron chi connectivity index (χ2n) is 16.2. The van der Waals surface area contributed by atoms with Crippen LogP contribution in [0.15, 0.2) is 30.4 Å². The van der Waals surface area contributed by atoms with E-state index in [0.29, 0.717) is 56.1 Å². The molecule has 18 heteroatoms. The predicted molar refractivity (Wildman–Crippen MR) is 200 cm³/mol. The minimum Gasteiger partial charge on any atom is -0.497 e. The van der Waals surface area contributed by atoms with Crippen LogP contribution in [0.2, 0.25) is 0 Å². The summed E-state index contributed by atoms with van der Waals surface area (Å²) in [4.78, 5) is 61.1. The smallest absolute Gasteiger partial charge is 0.437 e.